The summed E-state index contributed by atoms with van der Waals surface area (Å²) in [6.45, 7) is 4.66. The number of fused-ring (bicyclic) bond motifs is 2. The molecule has 2 saturated heterocycles. The Balaban J connectivity index is 0.000000203. The fourth-order valence-corrected chi connectivity index (χ4v) is 9.76. The summed E-state index contributed by atoms with van der Waals surface area (Å²) < 4.78 is 68.4. The lowest BCUT2D eigenvalue weighted by Crippen LogP contribution is -2.50. The molecule has 19 heteroatoms. The maximum atomic E-state index is 15.4. The van der Waals surface area contributed by atoms with Crippen LogP contribution in [0.25, 0.3) is 21.5 Å². The molecular formula is C57H64Cl4F4N4O7. The normalized spacial score (nSPS) is 17.4. The van der Waals surface area contributed by atoms with E-state index in [2.05, 4.69) is 15.1 Å². The van der Waals surface area contributed by atoms with E-state index in [9.17, 15) is 28.6 Å². The summed E-state index contributed by atoms with van der Waals surface area (Å²) in [6.07, 6.45) is 6.73. The molecule has 1 amide bonds. The summed E-state index contributed by atoms with van der Waals surface area (Å²) in [6, 6.07) is 27.0. The van der Waals surface area contributed by atoms with E-state index in [1.165, 1.54) is 49.2 Å². The third-order valence-electron chi connectivity index (χ3n) is 13.4. The van der Waals surface area contributed by atoms with Gasteiger partial charge in [0.1, 0.15) is 17.6 Å². The van der Waals surface area contributed by atoms with E-state index in [1.807, 2.05) is 12.1 Å². The van der Waals surface area contributed by atoms with Crippen molar-refractivity contribution >= 4 is 80.1 Å². The highest BCUT2D eigenvalue weighted by Gasteiger charge is 2.43. The number of aldehydes is 1. The topological polar surface area (TPSA) is 169 Å². The van der Waals surface area contributed by atoms with Crippen molar-refractivity contribution in [1.82, 2.24) is 15.1 Å². The largest absolute Gasteiger partial charge is 0.489 e. The third kappa shape index (κ3) is 15.9. The smallest absolute Gasteiger partial charge is 0.349 e. The van der Waals surface area contributed by atoms with Gasteiger partial charge in [0.05, 0.1) is 34.4 Å². The molecule has 2 aliphatic heterocycles. The van der Waals surface area contributed by atoms with Gasteiger partial charge in [-0.3, -0.25) is 9.59 Å². The summed E-state index contributed by atoms with van der Waals surface area (Å²) >= 11 is 24.4. The summed E-state index contributed by atoms with van der Waals surface area (Å²) in [5.74, 6) is -7.50. The number of carbonyl (C=O) groups excluding carboxylic acids is 2. The first-order valence-electron chi connectivity index (χ1n) is 24.8. The first kappa shape index (κ1) is 60.4. The van der Waals surface area contributed by atoms with E-state index in [0.29, 0.717) is 59.4 Å². The van der Waals surface area contributed by atoms with Crippen LogP contribution in [-0.4, -0.2) is 101 Å². The van der Waals surface area contributed by atoms with Crippen molar-refractivity contribution < 1.29 is 52.3 Å². The quantitative estimate of drug-likeness (QED) is 0.0513. The average molecular weight is 1130 g/mol. The monoisotopic (exact) mass is 1130 g/mol. The van der Waals surface area contributed by atoms with Crippen molar-refractivity contribution in [3.63, 3.8) is 0 Å². The number of halogens is 8. The van der Waals surface area contributed by atoms with Crippen molar-refractivity contribution in [1.29, 1.82) is 0 Å². The fourth-order valence-electron chi connectivity index (χ4n) is 8.93. The summed E-state index contributed by atoms with van der Waals surface area (Å²) in [5, 5.41) is 28.6. The maximum absolute atomic E-state index is 15.4. The van der Waals surface area contributed by atoms with Crippen LogP contribution in [-0.2, 0) is 21.4 Å². The average Bonchev–Trinajstić information content (AvgIpc) is 4.28. The third-order valence-corrected chi connectivity index (χ3v) is 14.5. The van der Waals surface area contributed by atoms with Gasteiger partial charge < -0.3 is 46.0 Å². The molecule has 4 fully saturated rings. The molecule has 2 aliphatic carbocycles. The maximum Gasteiger partial charge on any atom is 0.349 e. The number of aliphatic hydroxyl groups is 2. The number of likely N-dealkylation sites (tertiary alicyclic amines) is 2. The molecule has 0 aromatic heterocycles. The summed E-state index contributed by atoms with van der Waals surface area (Å²) in [4.78, 5) is 27.6. The van der Waals surface area contributed by atoms with E-state index in [0.717, 1.165) is 82.2 Å². The molecule has 11 nitrogen and oxygen atoms in total. The van der Waals surface area contributed by atoms with Crippen LogP contribution < -0.4 is 20.5 Å². The molecule has 2 heterocycles. The number of hydrogen-bond donors (Lipinski definition) is 4. The zero-order valence-electron chi connectivity index (χ0n) is 40.9. The highest BCUT2D eigenvalue weighted by molar-refractivity contribution is 6.32. The van der Waals surface area contributed by atoms with Gasteiger partial charge in [-0.1, -0.05) is 102 Å². The Morgan fingerprint density at radius 1 is 0.632 bits per heavy atom. The number of ether oxygens (including phenoxy) is 2. The first-order valence-corrected chi connectivity index (χ1v) is 26.3. The molecule has 0 spiro atoms. The molecule has 2 saturated carbocycles. The van der Waals surface area contributed by atoms with Crippen LogP contribution in [0.5, 0.6) is 11.5 Å². The van der Waals surface area contributed by atoms with Crippen LogP contribution in [0.4, 0.5) is 17.6 Å². The highest BCUT2D eigenvalue weighted by atomic mass is 35.5. The number of carbonyl (C=O) groups is 2. The van der Waals surface area contributed by atoms with Crippen LogP contribution >= 0.6 is 46.4 Å². The van der Waals surface area contributed by atoms with E-state index in [4.69, 9.17) is 61.6 Å². The van der Waals surface area contributed by atoms with Crippen LogP contribution in [0.3, 0.4) is 0 Å². The molecule has 0 bridgehead atoms. The van der Waals surface area contributed by atoms with Crippen molar-refractivity contribution in [2.24, 2.45) is 5.73 Å². The molecule has 410 valence electrons. The Labute approximate surface area is 460 Å². The van der Waals surface area contributed by atoms with Gasteiger partial charge in [0.25, 0.3) is 5.91 Å². The van der Waals surface area contributed by atoms with Gasteiger partial charge in [0, 0.05) is 40.3 Å². The van der Waals surface area contributed by atoms with Gasteiger partial charge >= 0.3 is 11.8 Å². The van der Waals surface area contributed by atoms with E-state index in [-0.39, 0.29) is 43.4 Å². The Hall–Kier alpha value is -4.78. The van der Waals surface area contributed by atoms with Crippen molar-refractivity contribution in [2.45, 2.75) is 107 Å². The number of rotatable bonds is 17. The first-order chi connectivity index (χ1) is 35.4. The summed E-state index contributed by atoms with van der Waals surface area (Å²) in [7, 11) is 0. The number of amides is 1. The molecule has 4 aliphatic rings. The minimum atomic E-state index is -3.81. The molecule has 6 aromatic rings. The Morgan fingerprint density at radius 3 is 1.51 bits per heavy atom. The Bertz CT molecular complexity index is 2920. The minimum Gasteiger partial charge on any atom is -0.489 e. The van der Waals surface area contributed by atoms with Crippen molar-refractivity contribution in [3.8, 4) is 11.5 Å². The van der Waals surface area contributed by atoms with Crippen molar-refractivity contribution in [2.75, 3.05) is 39.3 Å². The predicted molar refractivity (Wildman–Crippen MR) is 293 cm³/mol. The van der Waals surface area contributed by atoms with Gasteiger partial charge in [-0.05, 0) is 171 Å². The Kier molecular flexibility index (Phi) is 21.2. The van der Waals surface area contributed by atoms with Gasteiger partial charge in [-0.15, -0.1) is 0 Å². The van der Waals surface area contributed by atoms with Gasteiger partial charge in [-0.2, -0.15) is 17.6 Å². The predicted octanol–water partition coefficient (Wildman–Crippen LogP) is 12.0. The number of alkyl halides is 4. The van der Waals surface area contributed by atoms with Gasteiger partial charge in [0.15, 0.2) is 6.29 Å². The molecule has 6 aromatic carbocycles. The van der Waals surface area contributed by atoms with Crippen LogP contribution in [0.1, 0.15) is 93.3 Å². The fraction of sp³-hybridized carbons (Fsp3) is 0.404. The highest BCUT2D eigenvalue weighted by Crippen LogP contribution is 2.37. The molecule has 76 heavy (non-hydrogen) atoms. The van der Waals surface area contributed by atoms with Crippen LogP contribution in [0, 0.1) is 0 Å². The minimum absolute atomic E-state index is 0. The van der Waals surface area contributed by atoms with Crippen LogP contribution in [0.2, 0.25) is 20.1 Å². The lowest BCUT2D eigenvalue weighted by atomic mass is 9.99. The zero-order chi connectivity index (χ0) is 52.7. The number of nitrogens with one attached hydrogen (secondary N) is 1. The molecule has 1 unspecified atom stereocenters. The van der Waals surface area contributed by atoms with E-state index >= 15 is 8.78 Å². The Morgan fingerprint density at radius 2 is 1.05 bits per heavy atom. The summed E-state index contributed by atoms with van der Waals surface area (Å²) in [5.41, 5.74) is 6.58. The van der Waals surface area contributed by atoms with E-state index in [1.54, 1.807) is 60.7 Å². The standard InChI is InChI=1S/C28H28Cl2F2N2O3.C16H23ClN2O2.C12H7ClF2O.CH4.H2O/c29-21-7-4-17-13-20(6-3-18(17)14-21)28(31,32)27(36)33-24(16-34-11-1-2-12-34)26(35)19-5-10-25(23(30)15-19)37-22-8-9-22;17-13-9-11(3-6-15(13)21-12-4-5-12)16(20)14(18)10-19-7-1-2-8-19;13-11-4-2-8-5-10(12(14,15)7-16)3-1-9(8)6-11;;/h3-7,10,13-15,22,24,26,35H,1-2,8-9,11-12,16H2,(H,33,36);3,6,9,12,14,16,20H,1-2,4-5,7-8,10,18H2;1-7H;1H4;1H2/t24-,26-;14-,16?;;;/m11.../s1. The van der Waals surface area contributed by atoms with E-state index < -0.39 is 41.6 Å². The number of aliphatic hydroxyl groups excluding tert-OH is 2. The number of benzene rings is 6. The zero-order valence-corrected chi connectivity index (χ0v) is 43.9. The van der Waals surface area contributed by atoms with Gasteiger partial charge in [0.2, 0.25) is 0 Å². The molecular weight excluding hydrogens is 1070 g/mol. The molecule has 0 radical (unpaired) electrons. The number of nitrogens with zero attached hydrogens (tertiary/aromatic N) is 2. The molecule has 4 atom stereocenters. The van der Waals surface area contributed by atoms with Crippen molar-refractivity contribution in [3.05, 3.63) is 152 Å². The molecule has 10 rings (SSSR count). The SMILES string of the molecule is C.N[C@H](CN1CCCC1)C(O)c1ccc(OC2CC2)c(Cl)c1.O.O=C(N[C@H](CN1CCCC1)[C@H](O)c1ccc(OC2CC2)c(Cl)c1)C(F)(F)c1ccc2cc(Cl)ccc2c1.O=CC(F)(F)c1ccc2cc(Cl)ccc2c1. The van der Waals surface area contributed by atoms with Gasteiger partial charge in [-0.25, -0.2) is 0 Å². The number of nitrogens with two attached hydrogens (primary N) is 1. The number of hydrogen-bond acceptors (Lipinski definition) is 9. The lowest BCUT2D eigenvalue weighted by molar-refractivity contribution is -0.149. The lowest BCUT2D eigenvalue weighted by Gasteiger charge is -2.30. The second-order valence-electron chi connectivity index (χ2n) is 19.4. The molecule has 7 N–H and O–H groups in total. The second kappa shape index (κ2) is 26.7. The van der Waals surface area contributed by atoms with Crippen LogP contribution in [0.15, 0.2) is 109 Å². The second-order valence-corrected chi connectivity index (χ2v) is 21.1.